The molecule has 2 amide bonds. The van der Waals surface area contributed by atoms with Crippen molar-refractivity contribution in [1.29, 1.82) is 0 Å². The van der Waals surface area contributed by atoms with Gasteiger partial charge in [-0.15, -0.1) is 0 Å². The molecule has 0 saturated heterocycles. The van der Waals surface area contributed by atoms with Crippen LogP contribution in [-0.4, -0.2) is 56.7 Å². The third-order valence-electron chi connectivity index (χ3n) is 3.32. The molecule has 0 spiro atoms. The highest BCUT2D eigenvalue weighted by Crippen LogP contribution is 2.10. The summed E-state index contributed by atoms with van der Waals surface area (Å²) in [5, 5.41) is 2.75. The van der Waals surface area contributed by atoms with E-state index in [0.29, 0.717) is 32.0 Å². The van der Waals surface area contributed by atoms with Crippen molar-refractivity contribution in [2.75, 3.05) is 40.0 Å². The number of aryl methyl sites for hydroxylation is 1. The number of ether oxygens (including phenoxy) is 2. The molecule has 1 aromatic rings. The van der Waals surface area contributed by atoms with Crippen molar-refractivity contribution in [3.63, 3.8) is 0 Å². The van der Waals surface area contributed by atoms with Gasteiger partial charge in [0.25, 0.3) is 5.91 Å². The first-order valence-corrected chi connectivity index (χ1v) is 7.73. The number of methoxy groups -OCH3 is 1. The predicted molar refractivity (Wildman–Crippen MR) is 88.4 cm³/mol. The van der Waals surface area contributed by atoms with Crippen LogP contribution in [0, 0.1) is 6.92 Å². The summed E-state index contributed by atoms with van der Waals surface area (Å²) in [5.74, 6) is 0.452. The molecule has 0 aromatic heterocycles. The Morgan fingerprint density at radius 3 is 2.48 bits per heavy atom. The number of nitrogens with one attached hydrogen (secondary N) is 1. The lowest BCUT2D eigenvalue weighted by Crippen LogP contribution is -2.39. The first kappa shape index (κ1) is 19.0. The van der Waals surface area contributed by atoms with E-state index in [1.807, 2.05) is 31.2 Å². The van der Waals surface area contributed by atoms with Crippen molar-refractivity contribution >= 4 is 11.8 Å². The van der Waals surface area contributed by atoms with E-state index < -0.39 is 0 Å². The van der Waals surface area contributed by atoms with E-state index in [9.17, 15) is 9.59 Å². The summed E-state index contributed by atoms with van der Waals surface area (Å²) >= 11 is 0. The van der Waals surface area contributed by atoms with Crippen LogP contribution in [0.1, 0.15) is 18.9 Å². The molecule has 0 atom stereocenters. The van der Waals surface area contributed by atoms with E-state index in [-0.39, 0.29) is 18.4 Å². The summed E-state index contributed by atoms with van der Waals surface area (Å²) in [7, 11) is 1.63. The molecule has 0 radical (unpaired) electrons. The number of rotatable bonds is 10. The first-order valence-electron chi connectivity index (χ1n) is 7.73. The highest BCUT2D eigenvalue weighted by molar-refractivity contribution is 5.77. The largest absolute Gasteiger partial charge is 0.484 e. The van der Waals surface area contributed by atoms with Gasteiger partial charge in [-0.05, 0) is 25.5 Å². The summed E-state index contributed by atoms with van der Waals surface area (Å²) in [6, 6.07) is 7.52. The molecule has 0 fully saturated rings. The second-order valence-electron chi connectivity index (χ2n) is 5.30. The van der Waals surface area contributed by atoms with Gasteiger partial charge in [-0.1, -0.05) is 17.7 Å². The Morgan fingerprint density at radius 1 is 1.17 bits per heavy atom. The van der Waals surface area contributed by atoms with Crippen LogP contribution in [-0.2, 0) is 14.3 Å². The number of hydrogen-bond acceptors (Lipinski definition) is 4. The Balaban J connectivity index is 2.23. The third kappa shape index (κ3) is 8.21. The summed E-state index contributed by atoms with van der Waals surface area (Å²) in [4.78, 5) is 24.9. The quantitative estimate of drug-likeness (QED) is 0.661. The van der Waals surface area contributed by atoms with E-state index in [1.54, 1.807) is 12.0 Å². The van der Waals surface area contributed by atoms with Gasteiger partial charge in [-0.25, -0.2) is 0 Å². The normalized spacial score (nSPS) is 10.2. The Bertz CT molecular complexity index is 488. The fraction of sp³-hybridized carbons (Fsp3) is 0.529. The third-order valence-corrected chi connectivity index (χ3v) is 3.32. The minimum absolute atomic E-state index is 0.00809. The smallest absolute Gasteiger partial charge is 0.258 e. The van der Waals surface area contributed by atoms with Crippen molar-refractivity contribution in [3.05, 3.63) is 29.8 Å². The summed E-state index contributed by atoms with van der Waals surface area (Å²) < 4.78 is 10.4. The summed E-state index contributed by atoms with van der Waals surface area (Å²) in [6.45, 7) is 5.60. The van der Waals surface area contributed by atoms with Crippen LogP contribution in [0.2, 0.25) is 0 Å². The zero-order valence-electron chi connectivity index (χ0n) is 14.1. The summed E-state index contributed by atoms with van der Waals surface area (Å²) in [6.07, 6.45) is 0.778. The molecule has 1 rings (SSSR count). The van der Waals surface area contributed by atoms with Gasteiger partial charge >= 0.3 is 0 Å². The summed E-state index contributed by atoms with van der Waals surface area (Å²) in [5.41, 5.74) is 1.14. The van der Waals surface area contributed by atoms with Gasteiger partial charge in [0, 0.05) is 40.3 Å². The maximum absolute atomic E-state index is 11.7. The number of nitrogens with zero attached hydrogens (tertiary/aromatic N) is 1. The number of carbonyl (C=O) groups excluding carboxylic acids is 2. The number of hydrogen-bond donors (Lipinski definition) is 1. The van der Waals surface area contributed by atoms with Crippen molar-refractivity contribution < 1.29 is 19.1 Å². The van der Waals surface area contributed by atoms with Crippen LogP contribution in [0.25, 0.3) is 0 Å². The van der Waals surface area contributed by atoms with Crippen LogP contribution in [0.4, 0.5) is 0 Å². The van der Waals surface area contributed by atoms with Gasteiger partial charge in [-0.2, -0.15) is 0 Å². The average Bonchev–Trinajstić information content (AvgIpc) is 2.53. The molecule has 0 saturated carbocycles. The lowest BCUT2D eigenvalue weighted by molar-refractivity contribution is -0.129. The van der Waals surface area contributed by atoms with Gasteiger partial charge in [-0.3, -0.25) is 9.59 Å². The SMILES string of the molecule is COCCCN(CCNC(=O)COc1ccc(C)cc1)C(C)=O. The van der Waals surface area contributed by atoms with Gasteiger partial charge in [0.15, 0.2) is 6.61 Å². The minimum Gasteiger partial charge on any atom is -0.484 e. The Hall–Kier alpha value is -2.08. The van der Waals surface area contributed by atoms with Crippen molar-refractivity contribution in [3.8, 4) is 5.75 Å². The minimum atomic E-state index is -0.203. The van der Waals surface area contributed by atoms with Gasteiger partial charge in [0.2, 0.25) is 5.91 Å². The zero-order chi connectivity index (χ0) is 17.1. The fourth-order valence-corrected chi connectivity index (χ4v) is 1.99. The Labute approximate surface area is 137 Å². The monoisotopic (exact) mass is 322 g/mol. The topological polar surface area (TPSA) is 67.9 Å². The molecule has 0 aliphatic rings. The molecule has 6 nitrogen and oxygen atoms in total. The fourth-order valence-electron chi connectivity index (χ4n) is 1.99. The van der Waals surface area contributed by atoms with Crippen LogP contribution in [0.15, 0.2) is 24.3 Å². The van der Waals surface area contributed by atoms with Gasteiger partial charge < -0.3 is 19.7 Å². The lowest BCUT2D eigenvalue weighted by Gasteiger charge is -2.21. The van der Waals surface area contributed by atoms with Crippen LogP contribution < -0.4 is 10.1 Å². The van der Waals surface area contributed by atoms with Crippen LogP contribution >= 0.6 is 0 Å². The second kappa shape index (κ2) is 10.6. The average molecular weight is 322 g/mol. The maximum Gasteiger partial charge on any atom is 0.258 e. The molecular weight excluding hydrogens is 296 g/mol. The number of amides is 2. The molecule has 1 aromatic carbocycles. The highest BCUT2D eigenvalue weighted by Gasteiger charge is 2.09. The van der Waals surface area contributed by atoms with E-state index in [2.05, 4.69) is 5.32 Å². The van der Waals surface area contributed by atoms with E-state index in [1.165, 1.54) is 6.92 Å². The molecular formula is C17H26N2O4. The Kier molecular flexibility index (Phi) is 8.75. The van der Waals surface area contributed by atoms with Crippen molar-refractivity contribution in [2.45, 2.75) is 20.3 Å². The molecule has 23 heavy (non-hydrogen) atoms. The number of carbonyl (C=O) groups is 2. The van der Waals surface area contributed by atoms with E-state index in [0.717, 1.165) is 12.0 Å². The van der Waals surface area contributed by atoms with Crippen LogP contribution in [0.5, 0.6) is 5.75 Å². The Morgan fingerprint density at radius 2 is 1.87 bits per heavy atom. The molecule has 0 unspecified atom stereocenters. The van der Waals surface area contributed by atoms with Gasteiger partial charge in [0.05, 0.1) is 0 Å². The van der Waals surface area contributed by atoms with Crippen molar-refractivity contribution in [1.82, 2.24) is 10.2 Å². The lowest BCUT2D eigenvalue weighted by atomic mass is 10.2. The second-order valence-corrected chi connectivity index (χ2v) is 5.30. The molecule has 1 N–H and O–H groups in total. The standard InChI is InChI=1S/C17H26N2O4/c1-14-5-7-16(8-6-14)23-13-17(21)18-9-11-19(15(2)20)10-4-12-22-3/h5-8H,4,9-13H2,1-3H3,(H,18,21). The molecule has 0 aliphatic heterocycles. The van der Waals surface area contributed by atoms with Gasteiger partial charge in [0.1, 0.15) is 5.75 Å². The van der Waals surface area contributed by atoms with Crippen LogP contribution in [0.3, 0.4) is 0 Å². The highest BCUT2D eigenvalue weighted by atomic mass is 16.5. The number of benzene rings is 1. The molecule has 0 bridgehead atoms. The molecule has 0 aliphatic carbocycles. The maximum atomic E-state index is 11.7. The predicted octanol–water partition coefficient (Wildman–Crippen LogP) is 1.38. The van der Waals surface area contributed by atoms with E-state index in [4.69, 9.17) is 9.47 Å². The molecule has 6 heteroatoms. The zero-order valence-corrected chi connectivity index (χ0v) is 14.1. The molecule has 0 heterocycles. The van der Waals surface area contributed by atoms with E-state index >= 15 is 0 Å². The van der Waals surface area contributed by atoms with Crippen molar-refractivity contribution in [2.24, 2.45) is 0 Å². The first-order chi connectivity index (χ1) is 11.0. The molecule has 128 valence electrons.